The van der Waals surface area contributed by atoms with E-state index >= 15 is 0 Å². The zero-order chi connectivity index (χ0) is 20.6. The van der Waals surface area contributed by atoms with Crippen molar-refractivity contribution in [3.8, 4) is 0 Å². The Balaban J connectivity index is 0.00000256. The smallest absolute Gasteiger partial charge is 0.384 e. The molecule has 2 heterocycles. The Bertz CT molecular complexity index is 755. The van der Waals surface area contributed by atoms with Crippen molar-refractivity contribution in [1.82, 2.24) is 15.1 Å². The topological polar surface area (TPSA) is 55.8 Å². The highest BCUT2D eigenvalue weighted by molar-refractivity contribution is 5.88. The maximum Gasteiger partial charge on any atom is 0.414 e. The van der Waals surface area contributed by atoms with Gasteiger partial charge in [-0.1, -0.05) is 24.3 Å². The lowest BCUT2D eigenvalue weighted by atomic mass is 9.81. The summed E-state index contributed by atoms with van der Waals surface area (Å²) in [6.45, 7) is 1.72. The predicted octanol–water partition coefficient (Wildman–Crippen LogP) is 2.50. The lowest BCUT2D eigenvalue weighted by Crippen LogP contribution is -2.59. The molecule has 2 atom stereocenters. The molecule has 0 bridgehead atoms. The van der Waals surface area contributed by atoms with Gasteiger partial charge in [-0.05, 0) is 62.7 Å². The van der Waals surface area contributed by atoms with Crippen molar-refractivity contribution in [2.24, 2.45) is 0 Å². The lowest BCUT2D eigenvalue weighted by molar-refractivity contribution is -0.206. The van der Waals surface area contributed by atoms with Crippen LogP contribution in [-0.2, 0) is 17.6 Å². The van der Waals surface area contributed by atoms with Gasteiger partial charge in [0.1, 0.15) is 5.54 Å². The molecule has 0 radical (unpaired) electrons. The number of amides is 1. The second-order valence-electron chi connectivity index (χ2n) is 8.47. The molecule has 30 heavy (non-hydrogen) atoms. The van der Waals surface area contributed by atoms with Crippen LogP contribution in [0.3, 0.4) is 0 Å². The van der Waals surface area contributed by atoms with Crippen LogP contribution < -0.4 is 5.32 Å². The van der Waals surface area contributed by atoms with Gasteiger partial charge >= 0.3 is 6.18 Å². The number of carbonyl (C=O) groups excluding carboxylic acids is 1. The van der Waals surface area contributed by atoms with Gasteiger partial charge in [0.05, 0.1) is 6.67 Å². The fourth-order valence-corrected chi connectivity index (χ4v) is 5.17. The number of benzene rings is 1. The number of rotatable bonds is 4. The van der Waals surface area contributed by atoms with Crippen LogP contribution in [0, 0.1) is 0 Å². The van der Waals surface area contributed by atoms with Crippen molar-refractivity contribution in [3.05, 3.63) is 35.4 Å². The van der Waals surface area contributed by atoms with Gasteiger partial charge in [-0.3, -0.25) is 9.69 Å². The molecule has 1 spiro atoms. The van der Waals surface area contributed by atoms with Crippen molar-refractivity contribution >= 4 is 18.3 Å². The van der Waals surface area contributed by atoms with Crippen molar-refractivity contribution < 1.29 is 23.1 Å². The molecule has 4 rings (SSSR count). The first-order valence-electron chi connectivity index (χ1n) is 10.4. The Labute approximate surface area is 181 Å². The molecule has 2 fully saturated rings. The first-order chi connectivity index (χ1) is 13.8. The highest BCUT2D eigenvalue weighted by Gasteiger charge is 2.55. The molecule has 5 nitrogen and oxygen atoms in total. The van der Waals surface area contributed by atoms with Gasteiger partial charge < -0.3 is 15.3 Å². The molecule has 1 aromatic rings. The summed E-state index contributed by atoms with van der Waals surface area (Å²) in [5.74, 6) is -0.0766. The quantitative estimate of drug-likeness (QED) is 0.744. The minimum Gasteiger partial charge on any atom is -0.384 e. The van der Waals surface area contributed by atoms with Crippen molar-refractivity contribution in [2.75, 3.05) is 26.3 Å². The van der Waals surface area contributed by atoms with Crippen LogP contribution in [0.15, 0.2) is 24.3 Å². The summed E-state index contributed by atoms with van der Waals surface area (Å²) < 4.78 is 38.1. The number of hydrogen-bond donors (Lipinski definition) is 2. The summed E-state index contributed by atoms with van der Waals surface area (Å²) >= 11 is 0. The van der Waals surface area contributed by atoms with Crippen LogP contribution in [-0.4, -0.2) is 71.0 Å². The number of aliphatic hydroxyl groups is 1. The minimum absolute atomic E-state index is 0. The van der Waals surface area contributed by atoms with Crippen molar-refractivity contribution in [2.45, 2.75) is 62.4 Å². The van der Waals surface area contributed by atoms with Crippen LogP contribution in [0.1, 0.15) is 36.8 Å². The van der Waals surface area contributed by atoms with Crippen molar-refractivity contribution in [3.63, 3.8) is 0 Å². The number of hydrogen-bond acceptors (Lipinski definition) is 4. The zero-order valence-corrected chi connectivity index (χ0v) is 17.6. The molecule has 0 aromatic heterocycles. The Morgan fingerprint density at radius 1 is 1.20 bits per heavy atom. The zero-order valence-electron chi connectivity index (χ0n) is 16.8. The van der Waals surface area contributed by atoms with Gasteiger partial charge in [0, 0.05) is 12.6 Å². The number of fused-ring (bicyclic) bond motifs is 1. The Morgan fingerprint density at radius 2 is 1.87 bits per heavy atom. The number of nitrogens with one attached hydrogen (secondary N) is 1. The highest BCUT2D eigenvalue weighted by Crippen LogP contribution is 2.39. The molecule has 1 amide bonds. The van der Waals surface area contributed by atoms with E-state index in [1.165, 1.54) is 16.0 Å². The first-order valence-corrected chi connectivity index (χ1v) is 10.4. The third-order valence-electron chi connectivity index (χ3n) is 6.80. The number of nitrogens with zero attached hydrogens (tertiary/aromatic N) is 2. The minimum atomic E-state index is -4.65. The van der Waals surface area contributed by atoms with E-state index in [1.807, 2.05) is 12.1 Å². The normalized spacial score (nSPS) is 25.1. The fraction of sp³-hybridized carbons (Fsp3) is 0.667. The van der Waals surface area contributed by atoms with E-state index in [0.29, 0.717) is 19.5 Å². The number of carbonyl (C=O) groups is 1. The van der Waals surface area contributed by atoms with E-state index < -0.39 is 24.2 Å². The van der Waals surface area contributed by atoms with Gasteiger partial charge in [-0.15, -0.1) is 12.4 Å². The van der Waals surface area contributed by atoms with Gasteiger partial charge in [0.2, 0.25) is 5.91 Å². The lowest BCUT2D eigenvalue weighted by Gasteiger charge is -2.44. The van der Waals surface area contributed by atoms with E-state index in [-0.39, 0.29) is 30.9 Å². The van der Waals surface area contributed by atoms with E-state index in [1.54, 1.807) is 0 Å². The summed E-state index contributed by atoms with van der Waals surface area (Å²) in [6.07, 6.45) is -3.44. The monoisotopic (exact) mass is 447 g/mol. The number of piperidine rings is 1. The largest absolute Gasteiger partial charge is 0.414 e. The summed E-state index contributed by atoms with van der Waals surface area (Å²) in [6, 6.07) is 8.55. The van der Waals surface area contributed by atoms with Gasteiger partial charge in [0.25, 0.3) is 0 Å². The van der Waals surface area contributed by atoms with E-state index in [9.17, 15) is 23.1 Å². The van der Waals surface area contributed by atoms with Crippen LogP contribution in [0.5, 0.6) is 0 Å². The molecule has 0 saturated carbocycles. The van der Waals surface area contributed by atoms with Crippen LogP contribution in [0.2, 0.25) is 0 Å². The summed E-state index contributed by atoms with van der Waals surface area (Å²) in [5.41, 5.74) is 2.01. The highest BCUT2D eigenvalue weighted by atomic mass is 35.5. The van der Waals surface area contributed by atoms with Gasteiger partial charge in [-0.2, -0.15) is 13.2 Å². The molecule has 1 aliphatic carbocycles. The number of aryl methyl sites for hydroxylation is 1. The Hall–Kier alpha value is -1.35. The Morgan fingerprint density at radius 3 is 2.53 bits per heavy atom. The molecular formula is C21H29ClF3N3O2. The molecular weight excluding hydrogens is 419 g/mol. The second-order valence-corrected chi connectivity index (χ2v) is 8.47. The number of aliphatic hydroxyl groups excluding tert-OH is 1. The molecule has 9 heteroatoms. The molecule has 0 unspecified atom stereocenters. The molecule has 168 valence electrons. The number of halogens is 4. The Kier molecular flexibility index (Phi) is 7.01. The average molecular weight is 448 g/mol. The standard InChI is InChI=1S/C21H28F3N3O2.ClH/c22-21(23,24)18(28)7-12-26-14-27(20(19(26)29)8-10-25-11-9-20)17-6-5-15-3-1-2-4-16(15)13-17;/h1-4,17-18,25,28H,5-14H2;1H/t17-,18-;/m0./s1. The van der Waals surface area contributed by atoms with Crippen LogP contribution >= 0.6 is 12.4 Å². The fourth-order valence-electron chi connectivity index (χ4n) is 5.17. The van der Waals surface area contributed by atoms with Crippen molar-refractivity contribution in [1.29, 1.82) is 0 Å². The average Bonchev–Trinajstić information content (AvgIpc) is 2.97. The summed E-state index contributed by atoms with van der Waals surface area (Å²) in [5, 5.41) is 12.7. The third-order valence-corrected chi connectivity index (χ3v) is 6.80. The maximum atomic E-state index is 13.3. The molecule has 3 aliphatic rings. The summed E-state index contributed by atoms with van der Waals surface area (Å²) in [4.78, 5) is 17.1. The SMILES string of the molecule is Cl.O=C1N(CC[C@H](O)C(F)(F)F)CN([C@H]2CCc3ccccc3C2)C12CCNCC2. The maximum absolute atomic E-state index is 13.3. The number of alkyl halides is 3. The summed E-state index contributed by atoms with van der Waals surface area (Å²) in [7, 11) is 0. The predicted molar refractivity (Wildman–Crippen MR) is 109 cm³/mol. The molecule has 2 aliphatic heterocycles. The van der Waals surface area contributed by atoms with Crippen LogP contribution in [0.4, 0.5) is 13.2 Å². The van der Waals surface area contributed by atoms with E-state index in [2.05, 4.69) is 22.3 Å². The van der Waals surface area contributed by atoms with E-state index in [4.69, 9.17) is 0 Å². The van der Waals surface area contributed by atoms with E-state index in [0.717, 1.165) is 32.4 Å². The molecule has 1 aromatic carbocycles. The second kappa shape index (κ2) is 9.02. The molecule has 2 saturated heterocycles. The third kappa shape index (κ3) is 4.33. The first kappa shape index (κ1) is 23.3. The van der Waals surface area contributed by atoms with Gasteiger partial charge in [-0.25, -0.2) is 0 Å². The van der Waals surface area contributed by atoms with Crippen LogP contribution in [0.25, 0.3) is 0 Å². The molecule has 2 N–H and O–H groups in total. The van der Waals surface area contributed by atoms with Gasteiger partial charge in [0.15, 0.2) is 6.10 Å².